The lowest BCUT2D eigenvalue weighted by molar-refractivity contribution is 0.102. The summed E-state index contributed by atoms with van der Waals surface area (Å²) in [5.41, 5.74) is 1.90. The minimum absolute atomic E-state index is 0.315. The van der Waals surface area contributed by atoms with E-state index in [2.05, 4.69) is 20.7 Å². The topological polar surface area (TPSA) is 80.9 Å². The fourth-order valence-electron chi connectivity index (χ4n) is 2.06. The van der Waals surface area contributed by atoms with Gasteiger partial charge in [0.15, 0.2) is 4.34 Å². The van der Waals surface area contributed by atoms with Gasteiger partial charge >= 0.3 is 0 Å². The summed E-state index contributed by atoms with van der Waals surface area (Å²) in [4.78, 5) is 12.3. The summed E-state index contributed by atoms with van der Waals surface area (Å²) in [6.07, 6.45) is 0. The number of aromatic nitrogens is 3. The molecule has 0 radical (unpaired) electrons. The number of anilines is 1. The van der Waals surface area contributed by atoms with Crippen LogP contribution in [0.5, 0.6) is 0 Å². The maximum absolute atomic E-state index is 12.3. The second-order valence-electron chi connectivity index (χ2n) is 5.05. The van der Waals surface area contributed by atoms with Crippen molar-refractivity contribution in [1.29, 1.82) is 0 Å². The number of rotatable bonds is 5. The molecule has 10 heteroatoms. The molecule has 0 aliphatic rings. The summed E-state index contributed by atoms with van der Waals surface area (Å²) in [5, 5.41) is 16.1. The van der Waals surface area contributed by atoms with Crippen molar-refractivity contribution in [2.75, 3.05) is 5.32 Å². The van der Waals surface area contributed by atoms with Crippen LogP contribution in [0.3, 0.4) is 0 Å². The van der Waals surface area contributed by atoms with Gasteiger partial charge in [-0.25, -0.2) is 0 Å². The minimum Gasteiger partial charge on any atom is -0.361 e. The summed E-state index contributed by atoms with van der Waals surface area (Å²) < 4.78 is 5.72. The minimum atomic E-state index is -0.315. The van der Waals surface area contributed by atoms with Crippen LogP contribution in [-0.2, 0) is 5.75 Å². The molecule has 0 unspecified atom stereocenters. The number of hydrogen-bond acceptors (Lipinski definition) is 7. The molecule has 0 aliphatic heterocycles. The molecule has 0 saturated heterocycles. The van der Waals surface area contributed by atoms with Crippen molar-refractivity contribution in [1.82, 2.24) is 15.4 Å². The van der Waals surface area contributed by atoms with Crippen molar-refractivity contribution in [2.45, 2.75) is 23.9 Å². The third-order valence-electron chi connectivity index (χ3n) is 3.25. The molecule has 0 saturated carbocycles. The molecule has 1 aromatic carbocycles. The molecule has 1 amide bonds. The first kappa shape index (κ1) is 18.2. The standard InChI is InChI=1S/C15H12Cl2N4O2S2/c1-7-12(8(2)23-21-7)13(22)18-14-19-20-15(25-14)24-6-9-3-4-10(16)5-11(9)17/h3-5H,6H2,1-2H3,(H,18,19,22). The molecule has 2 heterocycles. The average Bonchev–Trinajstić information content (AvgIpc) is 3.13. The summed E-state index contributed by atoms with van der Waals surface area (Å²) >= 11 is 14.8. The van der Waals surface area contributed by atoms with Gasteiger partial charge in [0.05, 0.1) is 5.69 Å². The van der Waals surface area contributed by atoms with Crippen LogP contribution in [0.15, 0.2) is 27.1 Å². The number of hydrogen-bond donors (Lipinski definition) is 1. The van der Waals surface area contributed by atoms with Crippen molar-refractivity contribution < 1.29 is 9.32 Å². The maximum atomic E-state index is 12.3. The van der Waals surface area contributed by atoms with Crippen LogP contribution in [0.4, 0.5) is 5.13 Å². The maximum Gasteiger partial charge on any atom is 0.263 e. The molecule has 25 heavy (non-hydrogen) atoms. The first-order valence-electron chi connectivity index (χ1n) is 7.08. The second-order valence-corrected chi connectivity index (χ2v) is 8.09. The van der Waals surface area contributed by atoms with E-state index in [0.29, 0.717) is 37.9 Å². The number of nitrogens with one attached hydrogen (secondary N) is 1. The third-order valence-corrected chi connectivity index (χ3v) is 5.86. The molecule has 130 valence electrons. The molecule has 0 atom stereocenters. The van der Waals surface area contributed by atoms with E-state index in [1.807, 2.05) is 6.07 Å². The lowest BCUT2D eigenvalue weighted by Crippen LogP contribution is -2.13. The highest BCUT2D eigenvalue weighted by Crippen LogP contribution is 2.31. The van der Waals surface area contributed by atoms with Gasteiger partial charge in [0.25, 0.3) is 5.91 Å². The van der Waals surface area contributed by atoms with Gasteiger partial charge < -0.3 is 4.52 Å². The van der Waals surface area contributed by atoms with Gasteiger partial charge in [-0.2, -0.15) is 0 Å². The first-order valence-corrected chi connectivity index (χ1v) is 9.64. The van der Waals surface area contributed by atoms with Crippen LogP contribution >= 0.6 is 46.3 Å². The van der Waals surface area contributed by atoms with Crippen LogP contribution in [0.25, 0.3) is 0 Å². The number of carbonyl (C=O) groups excluding carboxylic acids is 1. The van der Waals surface area contributed by atoms with E-state index in [4.69, 9.17) is 27.7 Å². The predicted molar refractivity (Wildman–Crippen MR) is 99.9 cm³/mol. The molecule has 0 fully saturated rings. The van der Waals surface area contributed by atoms with Gasteiger partial charge in [-0.15, -0.1) is 10.2 Å². The molecule has 0 spiro atoms. The smallest absolute Gasteiger partial charge is 0.263 e. The van der Waals surface area contributed by atoms with E-state index in [1.54, 1.807) is 26.0 Å². The van der Waals surface area contributed by atoms with Crippen LogP contribution in [0.1, 0.15) is 27.4 Å². The van der Waals surface area contributed by atoms with E-state index in [0.717, 1.165) is 9.90 Å². The van der Waals surface area contributed by atoms with Crippen LogP contribution < -0.4 is 5.32 Å². The predicted octanol–water partition coefficient (Wildman–Crippen LogP) is 4.99. The van der Waals surface area contributed by atoms with Gasteiger partial charge in [0.1, 0.15) is 11.3 Å². The number of benzene rings is 1. The van der Waals surface area contributed by atoms with E-state index in [-0.39, 0.29) is 5.91 Å². The van der Waals surface area contributed by atoms with Crippen molar-refractivity contribution in [3.8, 4) is 0 Å². The van der Waals surface area contributed by atoms with Gasteiger partial charge in [-0.05, 0) is 31.5 Å². The number of amides is 1. The quantitative estimate of drug-likeness (QED) is 0.467. The summed E-state index contributed by atoms with van der Waals surface area (Å²) in [5.74, 6) is 0.777. The van der Waals surface area contributed by atoms with Crippen molar-refractivity contribution >= 4 is 57.3 Å². The fraction of sp³-hybridized carbons (Fsp3) is 0.200. The van der Waals surface area contributed by atoms with Crippen molar-refractivity contribution in [3.63, 3.8) is 0 Å². The number of nitrogens with zero attached hydrogens (tertiary/aromatic N) is 3. The third kappa shape index (κ3) is 4.33. The lowest BCUT2D eigenvalue weighted by atomic mass is 10.2. The zero-order valence-electron chi connectivity index (χ0n) is 13.2. The molecule has 0 bridgehead atoms. The second kappa shape index (κ2) is 7.74. The molecular weight excluding hydrogens is 403 g/mol. The van der Waals surface area contributed by atoms with Crippen LogP contribution in [-0.4, -0.2) is 21.3 Å². The summed E-state index contributed by atoms with van der Waals surface area (Å²) in [7, 11) is 0. The van der Waals surface area contributed by atoms with Gasteiger partial charge in [-0.1, -0.05) is 57.5 Å². The number of halogens is 2. The Morgan fingerprint density at radius 2 is 2.12 bits per heavy atom. The number of aryl methyl sites for hydroxylation is 2. The Hall–Kier alpha value is -1.61. The summed E-state index contributed by atoms with van der Waals surface area (Å²) in [6, 6.07) is 5.37. The van der Waals surface area contributed by atoms with Gasteiger partial charge in [0, 0.05) is 15.8 Å². The van der Waals surface area contributed by atoms with Crippen molar-refractivity contribution in [3.05, 3.63) is 50.8 Å². The Morgan fingerprint density at radius 1 is 1.32 bits per heavy atom. The average molecular weight is 415 g/mol. The van der Waals surface area contributed by atoms with Crippen LogP contribution in [0.2, 0.25) is 10.0 Å². The molecule has 0 aliphatic carbocycles. The van der Waals surface area contributed by atoms with E-state index < -0.39 is 0 Å². The Labute approximate surface area is 161 Å². The fourth-order valence-corrected chi connectivity index (χ4v) is 4.37. The number of thioether (sulfide) groups is 1. The SMILES string of the molecule is Cc1noc(C)c1C(=O)Nc1nnc(SCc2ccc(Cl)cc2Cl)s1. The largest absolute Gasteiger partial charge is 0.361 e. The van der Waals surface area contributed by atoms with Gasteiger partial charge in [-0.3, -0.25) is 10.1 Å². The highest BCUT2D eigenvalue weighted by Gasteiger charge is 2.19. The number of carbonyl (C=O) groups is 1. The van der Waals surface area contributed by atoms with Gasteiger partial charge in [0.2, 0.25) is 5.13 Å². The Kier molecular flexibility index (Phi) is 5.63. The molecule has 3 aromatic rings. The molecular formula is C15H12Cl2N4O2S2. The Bertz CT molecular complexity index is 907. The zero-order chi connectivity index (χ0) is 18.0. The zero-order valence-corrected chi connectivity index (χ0v) is 16.3. The Balaban J connectivity index is 1.63. The highest BCUT2D eigenvalue weighted by atomic mass is 35.5. The normalized spacial score (nSPS) is 10.9. The molecule has 3 rings (SSSR count). The van der Waals surface area contributed by atoms with Crippen LogP contribution in [0, 0.1) is 13.8 Å². The molecule has 2 aromatic heterocycles. The Morgan fingerprint density at radius 3 is 2.80 bits per heavy atom. The monoisotopic (exact) mass is 414 g/mol. The van der Waals surface area contributed by atoms with E-state index >= 15 is 0 Å². The van der Waals surface area contributed by atoms with E-state index in [9.17, 15) is 4.79 Å². The van der Waals surface area contributed by atoms with E-state index in [1.165, 1.54) is 23.1 Å². The summed E-state index contributed by atoms with van der Waals surface area (Å²) in [6.45, 7) is 3.40. The lowest BCUT2D eigenvalue weighted by Gasteiger charge is -2.02. The molecule has 1 N–H and O–H groups in total. The van der Waals surface area contributed by atoms with Crippen molar-refractivity contribution in [2.24, 2.45) is 0 Å². The highest BCUT2D eigenvalue weighted by molar-refractivity contribution is 8.00. The first-order chi connectivity index (χ1) is 11.9. The molecule has 6 nitrogen and oxygen atoms in total.